The van der Waals surface area contributed by atoms with Gasteiger partial charge in [-0.1, -0.05) is 60.7 Å². The maximum absolute atomic E-state index is 10.6. The Kier molecular flexibility index (Phi) is 3.96. The lowest BCUT2D eigenvalue weighted by molar-refractivity contribution is -0.0893. The molecule has 32 heavy (non-hydrogen) atoms. The van der Waals surface area contributed by atoms with Gasteiger partial charge in [0.2, 0.25) is 0 Å². The number of rotatable bonds is 4. The summed E-state index contributed by atoms with van der Waals surface area (Å²) in [6.07, 6.45) is 0. The van der Waals surface area contributed by atoms with Crippen molar-refractivity contribution in [2.24, 2.45) is 0 Å². The van der Waals surface area contributed by atoms with Crippen LogP contribution in [0.15, 0.2) is 71.1 Å². The summed E-state index contributed by atoms with van der Waals surface area (Å²) in [6, 6.07) is 23.5. The van der Waals surface area contributed by atoms with Gasteiger partial charge in [0.25, 0.3) is 0 Å². The fraction of sp³-hybridized carbons (Fsp3) is 0.214. The molecule has 4 aromatic carbocycles. The van der Waals surface area contributed by atoms with Crippen molar-refractivity contribution >= 4 is 45.7 Å². The molecule has 158 valence electrons. The van der Waals surface area contributed by atoms with E-state index in [1.807, 2.05) is 26.0 Å². The van der Waals surface area contributed by atoms with Crippen LogP contribution in [0.3, 0.4) is 0 Å². The first-order valence-corrected chi connectivity index (χ1v) is 11.1. The fourth-order valence-corrected chi connectivity index (χ4v) is 4.77. The van der Waals surface area contributed by atoms with Crippen LogP contribution >= 0.6 is 0 Å². The van der Waals surface area contributed by atoms with Crippen LogP contribution in [-0.4, -0.2) is 23.8 Å². The first-order chi connectivity index (χ1) is 15.3. The monoisotopic (exact) mass is 420 g/mol. The highest BCUT2D eigenvalue weighted by atomic mass is 16.5. The van der Waals surface area contributed by atoms with Crippen LogP contribution in [0.25, 0.3) is 55.0 Å². The molecule has 1 heterocycles. The molecule has 1 aliphatic rings. The average Bonchev–Trinajstić information content (AvgIpc) is 3.29. The van der Waals surface area contributed by atoms with E-state index in [1.165, 1.54) is 33.0 Å². The topological polar surface area (TPSA) is 42.6 Å². The van der Waals surface area contributed by atoms with Crippen molar-refractivity contribution in [1.82, 2.24) is 0 Å². The lowest BCUT2D eigenvalue weighted by Crippen LogP contribution is -2.49. The molecule has 1 aromatic heterocycles. The summed E-state index contributed by atoms with van der Waals surface area (Å²) in [4.78, 5) is 0. The Morgan fingerprint density at radius 3 is 2.28 bits per heavy atom. The van der Waals surface area contributed by atoms with Crippen LogP contribution in [0.4, 0.5) is 0 Å². The summed E-state index contributed by atoms with van der Waals surface area (Å²) in [7, 11) is 0.354. The summed E-state index contributed by atoms with van der Waals surface area (Å²) < 4.78 is 12.7. The van der Waals surface area contributed by atoms with Gasteiger partial charge >= 0.3 is 7.48 Å². The number of aliphatic hydroxyl groups is 1. The van der Waals surface area contributed by atoms with Crippen molar-refractivity contribution < 1.29 is 14.2 Å². The average molecular weight is 420 g/mol. The van der Waals surface area contributed by atoms with Gasteiger partial charge in [-0.15, -0.1) is 0 Å². The third-order valence-corrected chi connectivity index (χ3v) is 7.25. The van der Waals surface area contributed by atoms with Crippen LogP contribution in [-0.2, 0) is 4.65 Å². The lowest BCUT2D eigenvalue weighted by Gasteiger charge is -2.37. The second-order valence-corrected chi connectivity index (χ2v) is 9.83. The molecule has 0 radical (unpaired) electrons. The van der Waals surface area contributed by atoms with E-state index < -0.39 is 11.2 Å². The predicted octanol–water partition coefficient (Wildman–Crippen LogP) is 5.93. The second kappa shape index (κ2) is 6.47. The molecule has 0 amide bonds. The van der Waals surface area contributed by atoms with Gasteiger partial charge in [0.05, 0.1) is 11.2 Å². The summed E-state index contributed by atoms with van der Waals surface area (Å²) in [5, 5.41) is 15.4. The number of para-hydroxylation sites is 1. The maximum atomic E-state index is 10.6. The van der Waals surface area contributed by atoms with E-state index in [4.69, 9.17) is 9.07 Å². The Labute approximate surface area is 187 Å². The van der Waals surface area contributed by atoms with Crippen molar-refractivity contribution in [1.29, 1.82) is 0 Å². The highest BCUT2D eigenvalue weighted by Crippen LogP contribution is 2.51. The van der Waals surface area contributed by atoms with Crippen molar-refractivity contribution in [3.05, 3.63) is 66.7 Å². The Balaban J connectivity index is 1.65. The minimum absolute atomic E-state index is 0.354. The molecule has 0 aliphatic heterocycles. The fourth-order valence-electron chi connectivity index (χ4n) is 4.77. The van der Waals surface area contributed by atoms with Gasteiger partial charge in [-0.2, -0.15) is 0 Å². The molecule has 4 heteroatoms. The van der Waals surface area contributed by atoms with Crippen molar-refractivity contribution in [2.75, 3.05) is 0 Å². The summed E-state index contributed by atoms with van der Waals surface area (Å²) in [5.74, 6) is 0. The normalized spacial score (nSPS) is 13.3. The van der Waals surface area contributed by atoms with E-state index >= 15 is 0 Å². The van der Waals surface area contributed by atoms with E-state index in [0.717, 1.165) is 27.4 Å². The molecule has 3 nitrogen and oxygen atoms in total. The Morgan fingerprint density at radius 2 is 1.53 bits per heavy atom. The second-order valence-electron chi connectivity index (χ2n) is 9.83. The first-order valence-electron chi connectivity index (χ1n) is 11.1. The molecule has 0 unspecified atom stereocenters. The highest BCUT2D eigenvalue weighted by Gasteiger charge is 2.36. The molecule has 0 atom stereocenters. The number of hydrogen-bond acceptors (Lipinski definition) is 3. The quantitative estimate of drug-likeness (QED) is 0.360. The van der Waals surface area contributed by atoms with Gasteiger partial charge in [0, 0.05) is 16.3 Å². The number of fused-ring (bicyclic) bond motifs is 7. The van der Waals surface area contributed by atoms with Gasteiger partial charge in [-0.3, -0.25) is 0 Å². The van der Waals surface area contributed by atoms with Gasteiger partial charge in [-0.05, 0) is 66.7 Å². The van der Waals surface area contributed by atoms with Gasteiger partial charge in [0.1, 0.15) is 11.2 Å². The smallest absolute Gasteiger partial charge is 0.313 e. The minimum Gasteiger partial charge on any atom is -0.457 e. The SMILES string of the molecule is CC(C)(O)C(C)(C)OBc1cc2c(c3c1oc1ccccc13)-c1cccc3cccc-2c13. The van der Waals surface area contributed by atoms with E-state index in [-0.39, 0.29) is 0 Å². The molecule has 1 N–H and O–H groups in total. The van der Waals surface area contributed by atoms with Crippen LogP contribution in [0.2, 0.25) is 0 Å². The maximum Gasteiger partial charge on any atom is 0.313 e. The molecule has 0 saturated carbocycles. The molecule has 0 saturated heterocycles. The zero-order valence-corrected chi connectivity index (χ0v) is 18.8. The van der Waals surface area contributed by atoms with Gasteiger partial charge in [0.15, 0.2) is 0 Å². The minimum atomic E-state index is -0.974. The summed E-state index contributed by atoms with van der Waals surface area (Å²) in [5.41, 5.74) is 6.02. The zero-order valence-electron chi connectivity index (χ0n) is 18.8. The van der Waals surface area contributed by atoms with E-state index in [0.29, 0.717) is 7.48 Å². The Morgan fingerprint density at radius 1 is 0.812 bits per heavy atom. The molecule has 0 bridgehead atoms. The van der Waals surface area contributed by atoms with Crippen molar-refractivity contribution in [3.63, 3.8) is 0 Å². The van der Waals surface area contributed by atoms with Crippen LogP contribution in [0.1, 0.15) is 27.7 Å². The van der Waals surface area contributed by atoms with Gasteiger partial charge in [-0.25, -0.2) is 0 Å². The van der Waals surface area contributed by atoms with Crippen LogP contribution in [0.5, 0.6) is 0 Å². The molecule has 1 aliphatic carbocycles. The third kappa shape index (κ3) is 2.63. The Bertz CT molecular complexity index is 1530. The van der Waals surface area contributed by atoms with E-state index in [2.05, 4.69) is 54.6 Å². The van der Waals surface area contributed by atoms with Gasteiger partial charge < -0.3 is 14.2 Å². The standard InChI is InChI=1S/C28H25BO3/c1-27(2,30)28(3,4)32-29-21-15-20-17-12-7-9-16-10-8-13-19(23(16)17)24(20)25-18-11-5-6-14-22(18)31-26(21)25/h5-15,29-30H,1-4H3. The van der Waals surface area contributed by atoms with Crippen molar-refractivity contribution in [3.8, 4) is 22.3 Å². The number of benzene rings is 4. The van der Waals surface area contributed by atoms with Crippen molar-refractivity contribution in [2.45, 2.75) is 38.9 Å². The molecule has 0 fully saturated rings. The summed E-state index contributed by atoms with van der Waals surface area (Å²) >= 11 is 0. The molecule has 6 rings (SSSR count). The number of hydrogen-bond donors (Lipinski definition) is 1. The molecular formula is C28H25BO3. The third-order valence-electron chi connectivity index (χ3n) is 7.25. The van der Waals surface area contributed by atoms with E-state index in [1.54, 1.807) is 13.8 Å². The first kappa shape index (κ1) is 19.6. The molecule has 5 aromatic rings. The summed E-state index contributed by atoms with van der Waals surface area (Å²) in [6.45, 7) is 7.41. The van der Waals surface area contributed by atoms with E-state index in [9.17, 15) is 5.11 Å². The molecule has 0 spiro atoms. The highest BCUT2D eigenvalue weighted by molar-refractivity contribution is 6.52. The van der Waals surface area contributed by atoms with Crippen LogP contribution in [0, 0.1) is 0 Å². The molecular weight excluding hydrogens is 395 g/mol. The Hall–Kier alpha value is -3.08. The lowest BCUT2D eigenvalue weighted by atomic mass is 9.80. The van der Waals surface area contributed by atoms with Crippen LogP contribution < -0.4 is 5.46 Å². The largest absolute Gasteiger partial charge is 0.457 e. The zero-order chi connectivity index (χ0) is 22.3. The number of furan rings is 1. The predicted molar refractivity (Wildman–Crippen MR) is 134 cm³/mol.